The smallest absolute Gasteiger partial charge is 0.408 e. The number of halogens is 1. The average molecular weight is 571 g/mol. The van der Waals surface area contributed by atoms with Crippen LogP contribution in [0, 0.1) is 0 Å². The molecule has 0 radical (unpaired) electrons. The van der Waals surface area contributed by atoms with E-state index in [-0.39, 0.29) is 11.3 Å². The van der Waals surface area contributed by atoms with Crippen molar-refractivity contribution < 1.29 is 19.1 Å². The number of hydrogen-bond acceptors (Lipinski definition) is 6. The highest BCUT2D eigenvalue weighted by atomic mass is 35.5. The average Bonchev–Trinajstić information content (AvgIpc) is 3.37. The number of esters is 1. The van der Waals surface area contributed by atoms with Crippen molar-refractivity contribution in [1.82, 2.24) is 10.3 Å². The van der Waals surface area contributed by atoms with E-state index in [0.29, 0.717) is 19.3 Å². The molecule has 1 heterocycles. The molecule has 0 bridgehead atoms. The normalized spacial score (nSPS) is 14.6. The van der Waals surface area contributed by atoms with Crippen molar-refractivity contribution in [2.45, 2.75) is 89.3 Å². The third kappa shape index (κ3) is 10.3. The topological polar surface area (TPSA) is 77.5 Å². The number of aromatic nitrogens is 1. The second kappa shape index (κ2) is 14.5. The van der Waals surface area contributed by atoms with E-state index in [4.69, 9.17) is 26.1 Å². The Balaban J connectivity index is 1.96. The minimum Gasteiger partial charge on any atom is -0.460 e. The number of alkyl carbamates (subject to hydrolysis) is 1. The van der Waals surface area contributed by atoms with Crippen molar-refractivity contribution >= 4 is 35.0 Å². The lowest BCUT2D eigenvalue weighted by atomic mass is 9.89. The zero-order chi connectivity index (χ0) is 28.4. The van der Waals surface area contributed by atoms with Gasteiger partial charge in [0.25, 0.3) is 0 Å². The van der Waals surface area contributed by atoms with E-state index in [1.54, 1.807) is 11.3 Å². The van der Waals surface area contributed by atoms with Gasteiger partial charge in [-0.15, -0.1) is 22.9 Å². The van der Waals surface area contributed by atoms with Gasteiger partial charge in [0.15, 0.2) is 0 Å². The number of amides is 1. The standard InChI is InChI=1S/C31H39ClN2O4S/c1-6-25(32)28-20-33-29(39-28)24(17-22-13-9-7-10-14-22)19-27(37-21(2)35)26(18-23-15-11-8-12-16-23)34-30(36)38-31(3,4)5/h7-16,20,24-27H,6,17-19H2,1-5H3,(H,34,36)/t24?,25-,26+,27+/m1/s1. The molecule has 3 rings (SSSR count). The lowest BCUT2D eigenvalue weighted by molar-refractivity contribution is -0.148. The van der Waals surface area contributed by atoms with E-state index in [1.807, 2.05) is 82.4 Å². The Labute approximate surface area is 241 Å². The first kappa shape index (κ1) is 30.6. The maximum Gasteiger partial charge on any atom is 0.408 e. The highest BCUT2D eigenvalue weighted by Crippen LogP contribution is 2.36. The summed E-state index contributed by atoms with van der Waals surface area (Å²) in [5, 5.41) is 3.84. The molecule has 1 amide bonds. The number of rotatable bonds is 12. The van der Waals surface area contributed by atoms with E-state index >= 15 is 0 Å². The van der Waals surface area contributed by atoms with Crippen molar-refractivity contribution in [3.63, 3.8) is 0 Å². The van der Waals surface area contributed by atoms with Gasteiger partial charge in [0.1, 0.15) is 11.7 Å². The van der Waals surface area contributed by atoms with E-state index in [2.05, 4.69) is 17.4 Å². The second-order valence-electron chi connectivity index (χ2n) is 10.7. The Kier molecular flexibility index (Phi) is 11.4. The summed E-state index contributed by atoms with van der Waals surface area (Å²) in [6.07, 6.45) is 3.13. The molecule has 4 atom stereocenters. The van der Waals surface area contributed by atoms with E-state index < -0.39 is 29.8 Å². The maximum atomic E-state index is 12.9. The van der Waals surface area contributed by atoms with Crippen LogP contribution < -0.4 is 5.32 Å². The quantitative estimate of drug-likeness (QED) is 0.179. The highest BCUT2D eigenvalue weighted by molar-refractivity contribution is 7.12. The predicted octanol–water partition coefficient (Wildman–Crippen LogP) is 7.62. The third-order valence-electron chi connectivity index (χ3n) is 6.17. The molecule has 210 valence electrons. The van der Waals surface area contributed by atoms with E-state index in [0.717, 1.165) is 27.4 Å². The number of ether oxygens (including phenoxy) is 2. The molecule has 8 heteroatoms. The predicted molar refractivity (Wildman–Crippen MR) is 157 cm³/mol. The molecule has 0 saturated carbocycles. The number of nitrogens with zero attached hydrogens (tertiary/aromatic N) is 1. The summed E-state index contributed by atoms with van der Waals surface area (Å²) in [5.74, 6) is -0.468. The number of carbonyl (C=O) groups is 2. The number of nitrogens with one attached hydrogen (secondary N) is 1. The van der Waals surface area contributed by atoms with Gasteiger partial charge in [0.2, 0.25) is 0 Å². The molecule has 6 nitrogen and oxygen atoms in total. The molecule has 0 aliphatic rings. The number of carbonyl (C=O) groups excluding carboxylic acids is 2. The van der Waals surface area contributed by atoms with Crippen LogP contribution in [-0.2, 0) is 27.1 Å². The first-order valence-corrected chi connectivity index (χ1v) is 14.6. The fourth-order valence-corrected chi connectivity index (χ4v) is 5.68. The molecule has 0 saturated heterocycles. The zero-order valence-electron chi connectivity index (χ0n) is 23.4. The van der Waals surface area contributed by atoms with Crippen molar-refractivity contribution in [2.24, 2.45) is 0 Å². The van der Waals surface area contributed by atoms with Gasteiger partial charge in [0, 0.05) is 23.9 Å². The Hall–Kier alpha value is -2.90. The second-order valence-corrected chi connectivity index (χ2v) is 12.3. The Morgan fingerprint density at radius 2 is 1.59 bits per heavy atom. The van der Waals surface area contributed by atoms with Crippen molar-refractivity contribution in [1.29, 1.82) is 0 Å². The van der Waals surface area contributed by atoms with Crippen LogP contribution in [0.5, 0.6) is 0 Å². The number of alkyl halides is 1. The fourth-order valence-electron chi connectivity index (χ4n) is 4.40. The summed E-state index contributed by atoms with van der Waals surface area (Å²) in [4.78, 5) is 31.0. The lowest BCUT2D eigenvalue weighted by Crippen LogP contribution is -2.48. The van der Waals surface area contributed by atoms with E-state index in [9.17, 15) is 9.59 Å². The van der Waals surface area contributed by atoms with Gasteiger partial charge in [-0.3, -0.25) is 4.79 Å². The van der Waals surface area contributed by atoms with Gasteiger partial charge in [-0.1, -0.05) is 67.6 Å². The summed E-state index contributed by atoms with van der Waals surface area (Å²) in [6.45, 7) is 8.90. The van der Waals surface area contributed by atoms with Crippen LogP contribution in [0.15, 0.2) is 66.9 Å². The van der Waals surface area contributed by atoms with Gasteiger partial charge in [-0.25, -0.2) is 9.78 Å². The van der Waals surface area contributed by atoms with Gasteiger partial charge < -0.3 is 14.8 Å². The molecule has 3 aromatic rings. The number of benzene rings is 2. The summed E-state index contributed by atoms with van der Waals surface area (Å²) in [5.41, 5.74) is 1.50. The van der Waals surface area contributed by atoms with Crippen LogP contribution in [0.2, 0.25) is 0 Å². The highest BCUT2D eigenvalue weighted by Gasteiger charge is 2.32. The van der Waals surface area contributed by atoms with Gasteiger partial charge in [-0.05, 0) is 57.6 Å². The summed E-state index contributed by atoms with van der Waals surface area (Å²) in [6, 6.07) is 19.5. The van der Waals surface area contributed by atoms with Gasteiger partial charge in [0.05, 0.1) is 16.4 Å². The first-order valence-electron chi connectivity index (χ1n) is 13.4. The summed E-state index contributed by atoms with van der Waals surface area (Å²) in [7, 11) is 0. The minimum absolute atomic E-state index is 0.0602. The van der Waals surface area contributed by atoms with Gasteiger partial charge in [-0.2, -0.15) is 0 Å². The molecule has 39 heavy (non-hydrogen) atoms. The Bertz CT molecular complexity index is 1180. The van der Waals surface area contributed by atoms with Crippen molar-refractivity contribution in [3.05, 3.63) is 87.9 Å². The molecule has 0 spiro atoms. The van der Waals surface area contributed by atoms with Crippen LogP contribution in [0.1, 0.15) is 79.8 Å². The van der Waals surface area contributed by atoms with Crippen LogP contribution in [-0.4, -0.2) is 34.8 Å². The summed E-state index contributed by atoms with van der Waals surface area (Å²) >= 11 is 8.13. The SMILES string of the molecule is CC[C@@H](Cl)c1cnc(C(Cc2ccccc2)C[C@H](OC(C)=O)[C@H](Cc2ccccc2)NC(=O)OC(C)(C)C)s1. The maximum absolute atomic E-state index is 12.9. The summed E-state index contributed by atoms with van der Waals surface area (Å²) < 4.78 is 11.5. The minimum atomic E-state index is -0.664. The van der Waals surface area contributed by atoms with Crippen LogP contribution in [0.4, 0.5) is 4.79 Å². The molecule has 0 fully saturated rings. The third-order valence-corrected chi connectivity index (χ3v) is 8.11. The molecule has 0 aliphatic carbocycles. The first-order chi connectivity index (χ1) is 18.5. The fraction of sp³-hybridized carbons (Fsp3) is 0.452. The lowest BCUT2D eigenvalue weighted by Gasteiger charge is -2.31. The van der Waals surface area contributed by atoms with Crippen LogP contribution in [0.3, 0.4) is 0 Å². The Morgan fingerprint density at radius 3 is 2.13 bits per heavy atom. The molecule has 2 aromatic carbocycles. The Morgan fingerprint density at radius 1 is 1.00 bits per heavy atom. The van der Waals surface area contributed by atoms with Crippen LogP contribution >= 0.6 is 22.9 Å². The molecule has 0 aliphatic heterocycles. The van der Waals surface area contributed by atoms with Gasteiger partial charge >= 0.3 is 12.1 Å². The van der Waals surface area contributed by atoms with Crippen LogP contribution in [0.25, 0.3) is 0 Å². The van der Waals surface area contributed by atoms with Crippen molar-refractivity contribution in [3.8, 4) is 0 Å². The molecular weight excluding hydrogens is 532 g/mol. The molecule has 1 unspecified atom stereocenters. The molecule has 1 N–H and O–H groups in total. The largest absolute Gasteiger partial charge is 0.460 e. The number of hydrogen-bond donors (Lipinski definition) is 1. The zero-order valence-corrected chi connectivity index (χ0v) is 24.9. The molecule has 1 aromatic heterocycles. The van der Waals surface area contributed by atoms with Crippen molar-refractivity contribution in [2.75, 3.05) is 0 Å². The number of thiazole rings is 1. The monoisotopic (exact) mass is 570 g/mol. The van der Waals surface area contributed by atoms with E-state index in [1.165, 1.54) is 6.92 Å². The molecular formula is C31H39ClN2O4S.